The summed E-state index contributed by atoms with van der Waals surface area (Å²) in [7, 11) is 4.30. The van der Waals surface area contributed by atoms with E-state index in [1.165, 1.54) is 40.9 Å². The Balaban J connectivity index is 1.34. The van der Waals surface area contributed by atoms with Crippen LogP contribution in [0.1, 0.15) is 63.8 Å². The average Bonchev–Trinajstić information content (AvgIpc) is 3.68. The second-order valence-corrected chi connectivity index (χ2v) is 9.43. The Kier molecular flexibility index (Phi) is 5.90. The molecule has 0 spiro atoms. The normalized spacial score (nSPS) is 18.1. The molecule has 1 fully saturated rings. The van der Waals surface area contributed by atoms with Gasteiger partial charge in [-0.15, -0.1) is 0 Å². The Bertz CT molecular complexity index is 1150. The fourth-order valence-corrected chi connectivity index (χ4v) is 5.07. The molecule has 1 aromatic heterocycles. The summed E-state index contributed by atoms with van der Waals surface area (Å²) in [6.45, 7) is 1.000. The van der Waals surface area contributed by atoms with Gasteiger partial charge in [0.15, 0.2) is 0 Å². The molecule has 1 saturated carbocycles. The van der Waals surface area contributed by atoms with E-state index in [9.17, 15) is 9.90 Å². The van der Waals surface area contributed by atoms with Crippen LogP contribution in [0, 0.1) is 0 Å². The Hall–Kier alpha value is -3.18. The molecule has 2 heterocycles. The zero-order chi connectivity index (χ0) is 22.9. The number of aryl methyl sites for hydroxylation is 1. The molecule has 0 saturated heterocycles. The van der Waals surface area contributed by atoms with Crippen LogP contribution in [-0.2, 0) is 12.8 Å². The van der Waals surface area contributed by atoms with Gasteiger partial charge in [0.2, 0.25) is 0 Å². The minimum absolute atomic E-state index is 0.271. The Morgan fingerprint density at radius 2 is 1.88 bits per heavy atom. The average molecular weight is 442 g/mol. The number of carbonyl (C=O) groups is 1. The highest BCUT2D eigenvalue weighted by atomic mass is 16.4. The second-order valence-electron chi connectivity index (χ2n) is 9.43. The number of anilines is 2. The predicted molar refractivity (Wildman–Crippen MR) is 132 cm³/mol. The lowest BCUT2D eigenvalue weighted by Crippen LogP contribution is -2.32. The number of hydrogen-bond acceptors (Lipinski definition) is 4. The van der Waals surface area contributed by atoms with Crippen LogP contribution in [0.5, 0.6) is 0 Å². The van der Waals surface area contributed by atoms with Crippen LogP contribution in [0.25, 0.3) is 0 Å². The van der Waals surface area contributed by atoms with Crippen molar-refractivity contribution in [1.82, 2.24) is 9.88 Å². The summed E-state index contributed by atoms with van der Waals surface area (Å²) in [5, 5.41) is 9.49. The summed E-state index contributed by atoms with van der Waals surface area (Å²) in [6.07, 6.45) is 8.48. The maximum atomic E-state index is 11.6. The SMILES string of the molecule is CN(c1ccc(C2CC2)cc1)c1ccc2c(c1)CCN(C)[C@@H]2CCc1cnccc1C(=O)O. The number of carboxylic acids is 1. The van der Waals surface area contributed by atoms with Gasteiger partial charge in [-0.05, 0) is 97.7 Å². The zero-order valence-corrected chi connectivity index (χ0v) is 19.4. The molecule has 33 heavy (non-hydrogen) atoms. The van der Waals surface area contributed by atoms with Crippen LogP contribution in [0.3, 0.4) is 0 Å². The van der Waals surface area contributed by atoms with Crippen LogP contribution >= 0.6 is 0 Å². The topological polar surface area (TPSA) is 56.7 Å². The number of aromatic carboxylic acids is 1. The van der Waals surface area contributed by atoms with E-state index in [0.29, 0.717) is 12.0 Å². The third kappa shape index (κ3) is 4.51. The lowest BCUT2D eigenvalue weighted by molar-refractivity contribution is 0.0695. The highest BCUT2D eigenvalue weighted by Gasteiger charge is 2.26. The van der Waals surface area contributed by atoms with Crippen molar-refractivity contribution in [2.75, 3.05) is 25.5 Å². The van der Waals surface area contributed by atoms with E-state index < -0.39 is 5.97 Å². The van der Waals surface area contributed by atoms with Crippen molar-refractivity contribution in [3.05, 3.63) is 88.7 Å². The van der Waals surface area contributed by atoms with Crippen molar-refractivity contribution in [2.24, 2.45) is 0 Å². The summed E-state index contributed by atoms with van der Waals surface area (Å²) >= 11 is 0. The molecule has 1 aliphatic heterocycles. The van der Waals surface area contributed by atoms with Gasteiger partial charge in [0.1, 0.15) is 0 Å². The number of pyridine rings is 1. The fourth-order valence-electron chi connectivity index (χ4n) is 5.07. The van der Waals surface area contributed by atoms with E-state index in [1.54, 1.807) is 18.5 Å². The van der Waals surface area contributed by atoms with Gasteiger partial charge in [-0.1, -0.05) is 18.2 Å². The first-order valence-electron chi connectivity index (χ1n) is 11.8. The first kappa shape index (κ1) is 21.7. The Morgan fingerprint density at radius 3 is 2.61 bits per heavy atom. The molecule has 5 heteroatoms. The van der Waals surface area contributed by atoms with E-state index in [1.807, 2.05) is 0 Å². The monoisotopic (exact) mass is 441 g/mol. The number of benzene rings is 2. The Labute approximate surface area is 195 Å². The maximum absolute atomic E-state index is 11.6. The molecule has 3 aromatic rings. The number of aromatic nitrogens is 1. The van der Waals surface area contributed by atoms with Crippen LogP contribution < -0.4 is 4.90 Å². The second kappa shape index (κ2) is 8.99. The maximum Gasteiger partial charge on any atom is 0.336 e. The molecule has 2 aliphatic rings. The molecule has 1 aliphatic carbocycles. The molecule has 0 radical (unpaired) electrons. The van der Waals surface area contributed by atoms with E-state index in [-0.39, 0.29) is 6.04 Å². The number of carboxylic acid groups (broad SMARTS) is 1. The van der Waals surface area contributed by atoms with Gasteiger partial charge in [-0.2, -0.15) is 0 Å². The third-order valence-corrected chi connectivity index (χ3v) is 7.29. The van der Waals surface area contributed by atoms with Crippen molar-refractivity contribution < 1.29 is 9.90 Å². The predicted octanol–water partition coefficient (Wildman–Crippen LogP) is 5.59. The molecule has 1 atom stereocenters. The highest BCUT2D eigenvalue weighted by Crippen LogP contribution is 2.41. The summed E-state index contributed by atoms with van der Waals surface area (Å²) < 4.78 is 0. The molecule has 0 unspecified atom stereocenters. The first-order chi connectivity index (χ1) is 16.0. The molecule has 5 rings (SSSR count). The number of likely N-dealkylation sites (N-methyl/N-ethyl adjacent to an activating group) is 1. The lowest BCUT2D eigenvalue weighted by atomic mass is 9.88. The van der Waals surface area contributed by atoms with Crippen molar-refractivity contribution >= 4 is 17.3 Å². The summed E-state index contributed by atoms with van der Waals surface area (Å²) in [4.78, 5) is 20.4. The quantitative estimate of drug-likeness (QED) is 0.518. The Morgan fingerprint density at radius 1 is 1.12 bits per heavy atom. The molecule has 5 nitrogen and oxygen atoms in total. The van der Waals surface area contributed by atoms with Crippen LogP contribution in [0.2, 0.25) is 0 Å². The van der Waals surface area contributed by atoms with E-state index in [0.717, 1.165) is 30.9 Å². The summed E-state index contributed by atoms with van der Waals surface area (Å²) in [5.74, 6) is -0.108. The number of rotatable bonds is 7. The number of hydrogen-bond donors (Lipinski definition) is 1. The van der Waals surface area contributed by atoms with Gasteiger partial charge in [0, 0.05) is 43.4 Å². The van der Waals surface area contributed by atoms with Gasteiger partial charge in [-0.25, -0.2) is 4.79 Å². The van der Waals surface area contributed by atoms with Crippen molar-refractivity contribution in [1.29, 1.82) is 0 Å². The largest absolute Gasteiger partial charge is 0.478 e. The van der Waals surface area contributed by atoms with Crippen LogP contribution in [0.4, 0.5) is 11.4 Å². The standard InChI is InChI=1S/C28H31N3O2/c1-30-16-14-21-17-24(31(2)23-8-5-20(6-9-23)19-3-4-19)10-11-25(21)27(30)12-7-22-18-29-15-13-26(22)28(32)33/h5-6,8-11,13,15,17-19,27H,3-4,7,12,14,16H2,1-2H3,(H,32,33)/t27-/m1/s1. The third-order valence-electron chi connectivity index (χ3n) is 7.29. The lowest BCUT2D eigenvalue weighted by Gasteiger charge is -2.35. The van der Waals surface area contributed by atoms with Crippen molar-refractivity contribution in [3.63, 3.8) is 0 Å². The van der Waals surface area contributed by atoms with Gasteiger partial charge in [0.05, 0.1) is 5.56 Å². The molecule has 0 bridgehead atoms. The molecule has 1 N–H and O–H groups in total. The molecule has 0 amide bonds. The van der Waals surface area contributed by atoms with Gasteiger partial charge >= 0.3 is 5.97 Å². The number of fused-ring (bicyclic) bond motifs is 1. The summed E-state index contributed by atoms with van der Waals surface area (Å²) in [5.41, 5.74) is 7.78. The van der Waals surface area contributed by atoms with E-state index in [4.69, 9.17) is 0 Å². The minimum Gasteiger partial charge on any atom is -0.478 e. The smallest absolute Gasteiger partial charge is 0.336 e. The van der Waals surface area contributed by atoms with Gasteiger partial charge < -0.3 is 10.0 Å². The highest BCUT2D eigenvalue weighted by molar-refractivity contribution is 5.89. The van der Waals surface area contributed by atoms with Gasteiger partial charge in [0.25, 0.3) is 0 Å². The van der Waals surface area contributed by atoms with Crippen LogP contribution in [0.15, 0.2) is 60.9 Å². The minimum atomic E-state index is -0.886. The molecular formula is C28H31N3O2. The summed E-state index contributed by atoms with van der Waals surface area (Å²) in [6, 6.07) is 17.7. The fraction of sp³-hybridized carbons (Fsp3) is 0.357. The van der Waals surface area contributed by atoms with E-state index in [2.05, 4.69) is 71.3 Å². The molecule has 170 valence electrons. The molecular weight excluding hydrogens is 410 g/mol. The van der Waals surface area contributed by atoms with E-state index >= 15 is 0 Å². The number of nitrogens with zero attached hydrogens (tertiary/aromatic N) is 3. The molecule has 2 aromatic carbocycles. The van der Waals surface area contributed by atoms with Crippen molar-refractivity contribution in [3.8, 4) is 0 Å². The van der Waals surface area contributed by atoms with Gasteiger partial charge in [-0.3, -0.25) is 9.88 Å². The first-order valence-corrected chi connectivity index (χ1v) is 11.8. The van der Waals surface area contributed by atoms with Crippen LogP contribution in [-0.4, -0.2) is 41.6 Å². The van der Waals surface area contributed by atoms with Crippen molar-refractivity contribution in [2.45, 2.75) is 44.1 Å². The zero-order valence-electron chi connectivity index (χ0n) is 19.4.